The molecule has 0 aliphatic heterocycles. The molecule has 2 aromatic rings. The average Bonchev–Trinajstić information content (AvgIpc) is 2.43. The number of halogens is 2. The highest BCUT2D eigenvalue weighted by Gasteiger charge is 2.20. The average molecular weight is 317 g/mol. The number of anilines is 1. The molecule has 0 aliphatic carbocycles. The highest BCUT2D eigenvalue weighted by atomic mass is 32.2. The Hall–Kier alpha value is -2.62. The molecular weight excluding hydrogens is 308 g/mol. The third-order valence-corrected chi connectivity index (χ3v) is 3.37. The van der Waals surface area contributed by atoms with Crippen molar-refractivity contribution in [2.24, 2.45) is 0 Å². The molecular formula is C11H9F2N3O4S. The molecule has 10 heteroatoms. The van der Waals surface area contributed by atoms with E-state index in [2.05, 4.69) is 9.97 Å². The molecule has 0 spiro atoms. The molecule has 1 aromatic heterocycles. The van der Waals surface area contributed by atoms with Crippen molar-refractivity contribution in [3.05, 3.63) is 48.4 Å². The van der Waals surface area contributed by atoms with Crippen molar-refractivity contribution in [2.45, 2.75) is 4.90 Å². The van der Waals surface area contributed by atoms with Crippen LogP contribution in [0.5, 0.6) is 0 Å². The second kappa shape index (κ2) is 7.24. The molecule has 0 unspecified atom stereocenters. The standard InChI is InChI=1S/C10H7F2N3O2S.CH2O2/c11-7-1-2-8(12)9(5-7)18(16,17)15-10-3-4-13-6-14-10;2-1-3/h1-6H,(H,13,14,15);1H,(H,2,3). The van der Waals surface area contributed by atoms with Gasteiger partial charge in [-0.25, -0.2) is 27.2 Å². The first kappa shape index (κ1) is 16.4. The maximum Gasteiger partial charge on any atom is 0.290 e. The lowest BCUT2D eigenvalue weighted by atomic mass is 10.3. The van der Waals surface area contributed by atoms with E-state index < -0.39 is 26.6 Å². The summed E-state index contributed by atoms with van der Waals surface area (Å²) in [5.74, 6) is -1.92. The van der Waals surface area contributed by atoms with Crippen molar-refractivity contribution in [1.82, 2.24) is 9.97 Å². The largest absolute Gasteiger partial charge is 0.483 e. The summed E-state index contributed by atoms with van der Waals surface area (Å²) >= 11 is 0. The molecule has 0 radical (unpaired) electrons. The molecule has 0 saturated heterocycles. The molecule has 2 rings (SSSR count). The van der Waals surface area contributed by atoms with E-state index in [0.717, 1.165) is 18.5 Å². The fourth-order valence-corrected chi connectivity index (χ4v) is 2.33. The summed E-state index contributed by atoms with van der Waals surface area (Å²) < 4.78 is 51.9. The number of benzene rings is 1. The lowest BCUT2D eigenvalue weighted by Gasteiger charge is -2.07. The Bertz CT molecular complexity index is 711. The SMILES string of the molecule is O=CO.O=S(=O)(Nc1ccncn1)c1cc(F)ccc1F. The second-order valence-electron chi connectivity index (χ2n) is 3.38. The van der Waals surface area contributed by atoms with Gasteiger partial charge in [0.25, 0.3) is 16.5 Å². The number of carbonyl (C=O) groups is 1. The van der Waals surface area contributed by atoms with Crippen LogP contribution in [0.2, 0.25) is 0 Å². The molecule has 1 aromatic carbocycles. The van der Waals surface area contributed by atoms with Crippen LogP contribution in [-0.4, -0.2) is 30.0 Å². The summed E-state index contributed by atoms with van der Waals surface area (Å²) in [6.07, 6.45) is 2.44. The zero-order valence-corrected chi connectivity index (χ0v) is 11.1. The van der Waals surface area contributed by atoms with Crippen LogP contribution in [-0.2, 0) is 14.8 Å². The Morgan fingerprint density at radius 2 is 1.90 bits per heavy atom. The maximum atomic E-state index is 13.3. The van der Waals surface area contributed by atoms with Crippen LogP contribution in [0.4, 0.5) is 14.6 Å². The molecule has 0 aliphatic rings. The minimum absolute atomic E-state index is 0.0336. The van der Waals surface area contributed by atoms with Gasteiger partial charge >= 0.3 is 0 Å². The van der Waals surface area contributed by atoms with Crippen LogP contribution < -0.4 is 4.72 Å². The van der Waals surface area contributed by atoms with Gasteiger partial charge in [0, 0.05) is 6.20 Å². The smallest absolute Gasteiger partial charge is 0.290 e. The third-order valence-electron chi connectivity index (χ3n) is 2.00. The van der Waals surface area contributed by atoms with Crippen LogP contribution in [0, 0.1) is 11.6 Å². The van der Waals surface area contributed by atoms with E-state index in [1.165, 1.54) is 12.3 Å². The van der Waals surface area contributed by atoms with Gasteiger partial charge in [-0.15, -0.1) is 0 Å². The van der Waals surface area contributed by atoms with Crippen LogP contribution in [0.25, 0.3) is 0 Å². The number of hydrogen-bond acceptors (Lipinski definition) is 5. The van der Waals surface area contributed by atoms with Crippen LogP contribution in [0.15, 0.2) is 41.7 Å². The van der Waals surface area contributed by atoms with Crippen LogP contribution in [0.1, 0.15) is 0 Å². The molecule has 0 saturated carbocycles. The highest BCUT2D eigenvalue weighted by Crippen LogP contribution is 2.18. The lowest BCUT2D eigenvalue weighted by Crippen LogP contribution is -2.15. The molecule has 21 heavy (non-hydrogen) atoms. The van der Waals surface area contributed by atoms with E-state index in [1.54, 1.807) is 0 Å². The van der Waals surface area contributed by atoms with E-state index in [1.807, 2.05) is 4.72 Å². The Balaban J connectivity index is 0.000000677. The summed E-state index contributed by atoms with van der Waals surface area (Å²) in [4.78, 5) is 14.8. The number of nitrogens with one attached hydrogen (secondary N) is 1. The molecule has 0 fully saturated rings. The predicted molar refractivity (Wildman–Crippen MR) is 67.9 cm³/mol. The number of carboxylic acid groups (broad SMARTS) is 1. The van der Waals surface area contributed by atoms with Crippen molar-refractivity contribution < 1.29 is 27.1 Å². The minimum atomic E-state index is -4.22. The second-order valence-corrected chi connectivity index (χ2v) is 5.03. The number of hydrogen-bond donors (Lipinski definition) is 2. The first-order chi connectivity index (χ1) is 9.90. The van der Waals surface area contributed by atoms with E-state index >= 15 is 0 Å². The first-order valence-corrected chi connectivity index (χ1v) is 6.70. The van der Waals surface area contributed by atoms with E-state index in [-0.39, 0.29) is 12.3 Å². The van der Waals surface area contributed by atoms with E-state index in [0.29, 0.717) is 6.07 Å². The van der Waals surface area contributed by atoms with Gasteiger partial charge < -0.3 is 5.11 Å². The molecule has 0 bridgehead atoms. The molecule has 0 atom stereocenters. The lowest BCUT2D eigenvalue weighted by molar-refractivity contribution is -0.122. The van der Waals surface area contributed by atoms with Crippen molar-refractivity contribution in [3.63, 3.8) is 0 Å². The van der Waals surface area contributed by atoms with Gasteiger partial charge in [-0.1, -0.05) is 0 Å². The Labute approximate surface area is 118 Å². The zero-order chi connectivity index (χ0) is 15.9. The Kier molecular flexibility index (Phi) is 5.67. The summed E-state index contributed by atoms with van der Waals surface area (Å²) in [7, 11) is -4.22. The first-order valence-electron chi connectivity index (χ1n) is 5.22. The number of sulfonamides is 1. The fourth-order valence-electron chi connectivity index (χ4n) is 1.23. The van der Waals surface area contributed by atoms with E-state index in [9.17, 15) is 17.2 Å². The Morgan fingerprint density at radius 3 is 2.48 bits per heavy atom. The van der Waals surface area contributed by atoms with Crippen molar-refractivity contribution >= 4 is 22.3 Å². The number of aromatic nitrogens is 2. The summed E-state index contributed by atoms with van der Waals surface area (Å²) in [6, 6.07) is 3.45. The number of rotatable bonds is 3. The summed E-state index contributed by atoms with van der Waals surface area (Å²) in [6.45, 7) is -0.250. The minimum Gasteiger partial charge on any atom is -0.483 e. The Morgan fingerprint density at radius 1 is 1.24 bits per heavy atom. The van der Waals surface area contributed by atoms with Gasteiger partial charge in [-0.3, -0.25) is 9.52 Å². The summed E-state index contributed by atoms with van der Waals surface area (Å²) in [5.41, 5.74) is 0. The van der Waals surface area contributed by atoms with Gasteiger partial charge in [0.15, 0.2) is 0 Å². The molecule has 7 nitrogen and oxygen atoms in total. The van der Waals surface area contributed by atoms with Gasteiger partial charge in [-0.05, 0) is 24.3 Å². The fraction of sp³-hybridized carbons (Fsp3) is 0. The number of nitrogens with zero attached hydrogens (tertiary/aromatic N) is 2. The van der Waals surface area contributed by atoms with Gasteiger partial charge in [0.2, 0.25) is 0 Å². The molecule has 1 heterocycles. The summed E-state index contributed by atoms with van der Waals surface area (Å²) in [5, 5.41) is 6.89. The van der Waals surface area contributed by atoms with Gasteiger partial charge in [0.05, 0.1) is 0 Å². The van der Waals surface area contributed by atoms with Crippen molar-refractivity contribution in [3.8, 4) is 0 Å². The molecule has 2 N–H and O–H groups in total. The quantitative estimate of drug-likeness (QED) is 0.825. The van der Waals surface area contributed by atoms with Gasteiger partial charge in [-0.2, -0.15) is 0 Å². The predicted octanol–water partition coefficient (Wildman–Crippen LogP) is 1.26. The highest BCUT2D eigenvalue weighted by molar-refractivity contribution is 7.92. The molecule has 112 valence electrons. The molecule has 0 amide bonds. The van der Waals surface area contributed by atoms with Gasteiger partial charge in [0.1, 0.15) is 28.7 Å². The van der Waals surface area contributed by atoms with Crippen molar-refractivity contribution in [2.75, 3.05) is 4.72 Å². The zero-order valence-electron chi connectivity index (χ0n) is 10.3. The third kappa shape index (κ3) is 4.76. The van der Waals surface area contributed by atoms with Crippen LogP contribution in [0.3, 0.4) is 0 Å². The van der Waals surface area contributed by atoms with Crippen molar-refractivity contribution in [1.29, 1.82) is 0 Å². The normalized spacial score (nSPS) is 10.2. The maximum absolute atomic E-state index is 13.3. The topological polar surface area (TPSA) is 109 Å². The monoisotopic (exact) mass is 317 g/mol. The van der Waals surface area contributed by atoms with Crippen LogP contribution >= 0.6 is 0 Å². The van der Waals surface area contributed by atoms with E-state index in [4.69, 9.17) is 9.90 Å².